The van der Waals surface area contributed by atoms with Crippen LogP contribution in [-0.2, 0) is 14.5 Å². The highest BCUT2D eigenvalue weighted by molar-refractivity contribution is 7.96. The number of hydrogen-bond donors (Lipinski definition) is 1. The standard InChI is InChI=1S/C19H28N2O3S/c1-14(2)18(24-19(20)22)17-12-8-7-9-15(17)13-25(23,21-3)16-10-5-4-6-11-16/h4-6,10-11,13-14,17-18H,7-9,12H2,1-3H3,(H2,20,22)/b15-13-/t17-,18+,25+/m1/s1. The van der Waals surface area contributed by atoms with E-state index in [1.165, 1.54) is 0 Å². The van der Waals surface area contributed by atoms with E-state index < -0.39 is 15.8 Å². The number of rotatable bonds is 5. The van der Waals surface area contributed by atoms with Gasteiger partial charge in [-0.3, -0.25) is 0 Å². The summed E-state index contributed by atoms with van der Waals surface area (Å²) in [4.78, 5) is 12.0. The normalized spacial score (nSPS) is 23.0. The van der Waals surface area contributed by atoms with Gasteiger partial charge in [-0.2, -0.15) is 0 Å². The van der Waals surface area contributed by atoms with Gasteiger partial charge in [0.05, 0.1) is 14.6 Å². The molecule has 2 N–H and O–H groups in total. The van der Waals surface area contributed by atoms with Crippen molar-refractivity contribution in [2.45, 2.75) is 50.5 Å². The predicted molar refractivity (Wildman–Crippen MR) is 101 cm³/mol. The Kier molecular flexibility index (Phi) is 6.64. The third kappa shape index (κ3) is 4.84. The maximum atomic E-state index is 13.4. The maximum Gasteiger partial charge on any atom is 0.404 e. The van der Waals surface area contributed by atoms with Crippen molar-refractivity contribution in [3.05, 3.63) is 41.3 Å². The van der Waals surface area contributed by atoms with Gasteiger partial charge in [-0.25, -0.2) is 13.4 Å². The molecular formula is C19H28N2O3S. The van der Waals surface area contributed by atoms with E-state index in [-0.39, 0.29) is 17.9 Å². The number of carbonyl (C=O) groups is 1. The monoisotopic (exact) mass is 364 g/mol. The molecule has 2 rings (SSSR count). The molecule has 0 heterocycles. The van der Waals surface area contributed by atoms with Gasteiger partial charge in [0.15, 0.2) is 0 Å². The van der Waals surface area contributed by atoms with Gasteiger partial charge >= 0.3 is 6.09 Å². The summed E-state index contributed by atoms with van der Waals surface area (Å²) < 4.78 is 23.0. The molecule has 1 saturated carbocycles. The Morgan fingerprint density at radius 3 is 2.56 bits per heavy atom. The molecule has 0 aliphatic heterocycles. The Bertz CT molecular complexity index is 734. The van der Waals surface area contributed by atoms with Gasteiger partial charge in [0.1, 0.15) is 6.10 Å². The minimum atomic E-state index is -2.63. The number of ether oxygens (including phenoxy) is 1. The van der Waals surface area contributed by atoms with Crippen LogP contribution in [0, 0.1) is 11.8 Å². The third-order valence-corrected chi connectivity index (χ3v) is 6.79. The van der Waals surface area contributed by atoms with Crippen molar-refractivity contribution >= 4 is 15.8 Å². The average molecular weight is 365 g/mol. The molecule has 1 aliphatic rings. The third-order valence-electron chi connectivity index (χ3n) is 4.68. The molecular weight excluding hydrogens is 336 g/mol. The van der Waals surface area contributed by atoms with Crippen LogP contribution in [0.25, 0.3) is 0 Å². The first-order chi connectivity index (χ1) is 11.9. The van der Waals surface area contributed by atoms with Crippen molar-refractivity contribution in [3.63, 3.8) is 0 Å². The lowest BCUT2D eigenvalue weighted by molar-refractivity contribution is 0.0411. The molecule has 0 aromatic heterocycles. The van der Waals surface area contributed by atoms with Gasteiger partial charge in [-0.1, -0.05) is 44.0 Å². The lowest BCUT2D eigenvalue weighted by Gasteiger charge is -2.34. The first-order valence-electron chi connectivity index (χ1n) is 8.74. The molecule has 1 aromatic carbocycles. The Morgan fingerprint density at radius 2 is 2.00 bits per heavy atom. The van der Waals surface area contributed by atoms with Crippen molar-refractivity contribution in [2.24, 2.45) is 21.9 Å². The zero-order chi connectivity index (χ0) is 18.4. The van der Waals surface area contributed by atoms with Gasteiger partial charge < -0.3 is 10.5 Å². The zero-order valence-electron chi connectivity index (χ0n) is 15.2. The van der Waals surface area contributed by atoms with Crippen LogP contribution in [0.1, 0.15) is 39.5 Å². The minimum Gasteiger partial charge on any atom is -0.445 e. The predicted octanol–water partition coefficient (Wildman–Crippen LogP) is 4.34. The molecule has 6 heteroatoms. The Labute approximate surface area is 150 Å². The first-order valence-corrected chi connectivity index (χ1v) is 10.3. The Morgan fingerprint density at radius 1 is 1.32 bits per heavy atom. The van der Waals surface area contributed by atoms with E-state index in [0.717, 1.165) is 31.3 Å². The summed E-state index contributed by atoms with van der Waals surface area (Å²) in [5.41, 5.74) is 6.33. The summed E-state index contributed by atoms with van der Waals surface area (Å²) in [5, 5.41) is 1.81. The van der Waals surface area contributed by atoms with Crippen LogP contribution in [0.15, 0.2) is 50.6 Å². The molecule has 1 aromatic rings. The number of nitrogens with two attached hydrogens (primary N) is 1. The molecule has 25 heavy (non-hydrogen) atoms. The molecule has 0 bridgehead atoms. The average Bonchev–Trinajstić information content (AvgIpc) is 2.60. The maximum absolute atomic E-state index is 13.4. The smallest absolute Gasteiger partial charge is 0.404 e. The van der Waals surface area contributed by atoms with E-state index in [1.807, 2.05) is 49.6 Å². The lowest BCUT2D eigenvalue weighted by Crippen LogP contribution is -2.36. The highest BCUT2D eigenvalue weighted by Gasteiger charge is 2.33. The number of amides is 1. The summed E-state index contributed by atoms with van der Waals surface area (Å²) in [6.45, 7) is 4.02. The van der Waals surface area contributed by atoms with Gasteiger partial charge in [0.25, 0.3) is 0 Å². The van der Waals surface area contributed by atoms with E-state index in [4.69, 9.17) is 10.5 Å². The number of carbonyl (C=O) groups excluding carboxylic acids is 1. The zero-order valence-corrected chi connectivity index (χ0v) is 16.0. The van der Waals surface area contributed by atoms with Gasteiger partial charge in [-0.05, 0) is 37.3 Å². The van der Waals surface area contributed by atoms with Crippen molar-refractivity contribution < 1.29 is 13.7 Å². The molecule has 1 fully saturated rings. The van der Waals surface area contributed by atoms with E-state index in [1.54, 1.807) is 7.05 Å². The number of benzene rings is 1. The van der Waals surface area contributed by atoms with Gasteiger partial charge in [0.2, 0.25) is 0 Å². The van der Waals surface area contributed by atoms with E-state index in [0.29, 0.717) is 4.90 Å². The van der Waals surface area contributed by atoms with Crippen molar-refractivity contribution in [2.75, 3.05) is 7.05 Å². The fourth-order valence-electron chi connectivity index (χ4n) is 3.45. The minimum absolute atomic E-state index is 0.0348. The molecule has 1 amide bonds. The number of nitrogens with zero attached hydrogens (tertiary/aromatic N) is 1. The summed E-state index contributed by atoms with van der Waals surface area (Å²) in [6.07, 6.45) is 2.78. The number of hydrogen-bond acceptors (Lipinski definition) is 4. The fourth-order valence-corrected chi connectivity index (χ4v) is 5.15. The molecule has 0 saturated heterocycles. The lowest BCUT2D eigenvalue weighted by atomic mass is 9.78. The molecule has 0 radical (unpaired) electrons. The van der Waals surface area contributed by atoms with Crippen LogP contribution >= 0.6 is 0 Å². The van der Waals surface area contributed by atoms with E-state index in [2.05, 4.69) is 4.36 Å². The highest BCUT2D eigenvalue weighted by Crippen LogP contribution is 2.37. The molecule has 0 spiro atoms. The van der Waals surface area contributed by atoms with Crippen molar-refractivity contribution in [1.82, 2.24) is 0 Å². The first kappa shape index (κ1) is 19.5. The molecule has 1 aliphatic carbocycles. The summed E-state index contributed by atoms with van der Waals surface area (Å²) in [7, 11) is -1.05. The van der Waals surface area contributed by atoms with Crippen LogP contribution in [0.5, 0.6) is 0 Å². The second-order valence-electron chi connectivity index (χ2n) is 6.75. The molecule has 5 nitrogen and oxygen atoms in total. The second-order valence-corrected chi connectivity index (χ2v) is 8.96. The molecule has 138 valence electrons. The summed E-state index contributed by atoms with van der Waals surface area (Å²) in [6, 6.07) is 9.30. The summed E-state index contributed by atoms with van der Waals surface area (Å²) in [5.74, 6) is 0.165. The summed E-state index contributed by atoms with van der Waals surface area (Å²) >= 11 is 0. The van der Waals surface area contributed by atoms with Crippen molar-refractivity contribution in [1.29, 1.82) is 0 Å². The number of primary amides is 1. The van der Waals surface area contributed by atoms with Gasteiger partial charge in [-0.15, -0.1) is 0 Å². The fraction of sp³-hybridized carbons (Fsp3) is 0.526. The molecule has 3 atom stereocenters. The van der Waals surface area contributed by atoms with Crippen molar-refractivity contribution in [3.8, 4) is 0 Å². The largest absolute Gasteiger partial charge is 0.445 e. The van der Waals surface area contributed by atoms with E-state index in [9.17, 15) is 9.00 Å². The van der Waals surface area contributed by atoms with Crippen LogP contribution in [-0.4, -0.2) is 23.5 Å². The van der Waals surface area contributed by atoms with Gasteiger partial charge in [0, 0.05) is 18.4 Å². The van der Waals surface area contributed by atoms with Crippen LogP contribution < -0.4 is 5.73 Å². The topological polar surface area (TPSA) is 81.8 Å². The van der Waals surface area contributed by atoms with E-state index >= 15 is 0 Å². The molecule has 0 unspecified atom stereocenters. The SMILES string of the molecule is CN=[S@](=O)(/C=C1/CCCC[C@H]1[C@@H](OC(N)=O)C(C)C)c1ccccc1. The quantitative estimate of drug-likeness (QED) is 0.844. The Hall–Kier alpha value is -1.82. The highest BCUT2D eigenvalue weighted by atomic mass is 32.2. The van der Waals surface area contributed by atoms with Crippen LogP contribution in [0.2, 0.25) is 0 Å². The van der Waals surface area contributed by atoms with Crippen LogP contribution in [0.3, 0.4) is 0 Å². The second kappa shape index (κ2) is 8.52. The Balaban J connectivity index is 2.44. The van der Waals surface area contributed by atoms with Crippen LogP contribution in [0.4, 0.5) is 4.79 Å².